The smallest absolute Gasteiger partial charge is 0.168 e. The monoisotopic (exact) mass is 315 g/mol. The van der Waals surface area contributed by atoms with Gasteiger partial charge in [-0.25, -0.2) is 18.2 Å². The zero-order chi connectivity index (χ0) is 15.4. The second-order valence-electron chi connectivity index (χ2n) is 4.28. The number of hydrogen-bond donors (Lipinski definition) is 2. The van der Waals surface area contributed by atoms with Gasteiger partial charge in [0.25, 0.3) is 0 Å². The topological polar surface area (TPSA) is 37.0 Å². The first-order valence-corrected chi connectivity index (χ1v) is 6.66. The van der Waals surface area contributed by atoms with Crippen LogP contribution in [0.15, 0.2) is 24.3 Å². The zero-order valence-electron chi connectivity index (χ0n) is 11.2. The second-order valence-corrected chi connectivity index (χ2v) is 4.69. The van der Waals surface area contributed by atoms with Crippen LogP contribution in [0.4, 0.5) is 24.8 Å². The normalized spacial score (nSPS) is 10.5. The van der Waals surface area contributed by atoms with Crippen LogP contribution < -0.4 is 10.6 Å². The summed E-state index contributed by atoms with van der Waals surface area (Å²) in [6.07, 6.45) is 0. The van der Waals surface area contributed by atoms with Crippen LogP contribution in [-0.4, -0.2) is 11.5 Å². The fourth-order valence-electron chi connectivity index (χ4n) is 1.72. The van der Waals surface area contributed by atoms with Crippen LogP contribution >= 0.6 is 11.6 Å². The molecule has 2 rings (SSSR count). The molecule has 0 aliphatic carbocycles. The van der Waals surface area contributed by atoms with E-state index in [9.17, 15) is 13.2 Å². The Morgan fingerprint density at radius 1 is 1.00 bits per heavy atom. The summed E-state index contributed by atoms with van der Waals surface area (Å²) in [7, 11) is 0. The van der Waals surface area contributed by atoms with Crippen molar-refractivity contribution in [2.75, 3.05) is 17.2 Å². The number of pyridine rings is 1. The average Bonchev–Trinajstić information content (AvgIpc) is 2.44. The van der Waals surface area contributed by atoms with Crippen LogP contribution in [0.25, 0.3) is 0 Å². The first-order chi connectivity index (χ1) is 10.0. The van der Waals surface area contributed by atoms with Crippen molar-refractivity contribution in [3.8, 4) is 0 Å². The molecule has 0 aliphatic heterocycles. The van der Waals surface area contributed by atoms with Gasteiger partial charge in [-0.3, -0.25) is 0 Å². The van der Waals surface area contributed by atoms with Gasteiger partial charge in [-0.2, -0.15) is 0 Å². The van der Waals surface area contributed by atoms with Gasteiger partial charge in [-0.05, 0) is 24.6 Å². The first-order valence-electron chi connectivity index (χ1n) is 6.29. The maximum Gasteiger partial charge on any atom is 0.168 e. The average molecular weight is 316 g/mol. The van der Waals surface area contributed by atoms with Crippen molar-refractivity contribution in [1.82, 2.24) is 4.98 Å². The highest BCUT2D eigenvalue weighted by Crippen LogP contribution is 2.21. The molecule has 0 amide bonds. The van der Waals surface area contributed by atoms with E-state index in [4.69, 9.17) is 11.6 Å². The number of nitrogens with one attached hydrogen (secondary N) is 2. The lowest BCUT2D eigenvalue weighted by molar-refractivity contribution is 0.578. The predicted octanol–water partition coefficient (Wildman–Crippen LogP) is 4.20. The highest BCUT2D eigenvalue weighted by molar-refractivity contribution is 6.30. The molecule has 0 spiro atoms. The van der Waals surface area contributed by atoms with E-state index in [0.717, 1.165) is 6.07 Å². The second kappa shape index (κ2) is 6.67. The summed E-state index contributed by atoms with van der Waals surface area (Å²) < 4.78 is 40.1. The van der Waals surface area contributed by atoms with Crippen LogP contribution in [-0.2, 0) is 6.54 Å². The first kappa shape index (κ1) is 15.4. The van der Waals surface area contributed by atoms with E-state index < -0.39 is 17.5 Å². The molecular weight excluding hydrogens is 303 g/mol. The SMILES string of the molecule is CCNc1nc(NCc2ccc(F)c(Cl)c2)c(F)cc1F. The number of aromatic nitrogens is 1. The molecule has 112 valence electrons. The van der Waals surface area contributed by atoms with E-state index in [1.54, 1.807) is 6.92 Å². The molecule has 21 heavy (non-hydrogen) atoms. The Morgan fingerprint density at radius 2 is 1.67 bits per heavy atom. The summed E-state index contributed by atoms with van der Waals surface area (Å²) in [6, 6.07) is 4.92. The highest BCUT2D eigenvalue weighted by atomic mass is 35.5. The van der Waals surface area contributed by atoms with Gasteiger partial charge in [0.15, 0.2) is 23.3 Å². The van der Waals surface area contributed by atoms with E-state index in [1.807, 2.05) is 0 Å². The number of halogens is 4. The van der Waals surface area contributed by atoms with E-state index in [1.165, 1.54) is 18.2 Å². The molecule has 0 bridgehead atoms. The van der Waals surface area contributed by atoms with E-state index in [-0.39, 0.29) is 23.2 Å². The van der Waals surface area contributed by atoms with Crippen molar-refractivity contribution in [3.05, 3.63) is 52.3 Å². The molecule has 3 nitrogen and oxygen atoms in total. The molecule has 0 saturated carbocycles. The van der Waals surface area contributed by atoms with Crippen LogP contribution in [0, 0.1) is 17.5 Å². The minimum Gasteiger partial charge on any atom is -0.368 e. The number of benzene rings is 1. The van der Waals surface area contributed by atoms with Crippen LogP contribution in [0.1, 0.15) is 12.5 Å². The van der Waals surface area contributed by atoms with E-state index in [0.29, 0.717) is 12.1 Å². The molecule has 0 fully saturated rings. The highest BCUT2D eigenvalue weighted by Gasteiger charge is 2.11. The van der Waals surface area contributed by atoms with Gasteiger partial charge in [0.2, 0.25) is 0 Å². The molecule has 0 aliphatic rings. The van der Waals surface area contributed by atoms with Crippen molar-refractivity contribution in [2.24, 2.45) is 0 Å². The van der Waals surface area contributed by atoms with Gasteiger partial charge in [0.1, 0.15) is 5.82 Å². The summed E-state index contributed by atoms with van der Waals surface area (Å²) in [4.78, 5) is 3.84. The molecule has 1 aromatic heterocycles. The lowest BCUT2D eigenvalue weighted by atomic mass is 10.2. The maximum absolute atomic E-state index is 13.6. The Morgan fingerprint density at radius 3 is 2.29 bits per heavy atom. The molecule has 7 heteroatoms. The largest absolute Gasteiger partial charge is 0.368 e. The van der Waals surface area contributed by atoms with Crippen molar-refractivity contribution < 1.29 is 13.2 Å². The molecule has 2 aromatic rings. The summed E-state index contributed by atoms with van der Waals surface area (Å²) >= 11 is 5.66. The minimum atomic E-state index is -0.803. The quantitative estimate of drug-likeness (QED) is 0.868. The Hall–Kier alpha value is -1.95. The number of anilines is 2. The minimum absolute atomic E-state index is 0.0184. The predicted molar refractivity (Wildman–Crippen MR) is 77.1 cm³/mol. The molecule has 0 saturated heterocycles. The molecule has 2 N–H and O–H groups in total. The fraction of sp³-hybridized carbons (Fsp3) is 0.214. The van der Waals surface area contributed by atoms with Crippen LogP contribution in [0.3, 0.4) is 0 Å². The number of hydrogen-bond acceptors (Lipinski definition) is 3. The van der Waals surface area contributed by atoms with Crippen molar-refractivity contribution in [3.63, 3.8) is 0 Å². The van der Waals surface area contributed by atoms with E-state index >= 15 is 0 Å². The Kier molecular flexibility index (Phi) is 4.90. The maximum atomic E-state index is 13.6. The van der Waals surface area contributed by atoms with Gasteiger partial charge in [0.05, 0.1) is 5.02 Å². The van der Waals surface area contributed by atoms with Gasteiger partial charge in [-0.15, -0.1) is 0 Å². The molecule has 0 unspecified atom stereocenters. The van der Waals surface area contributed by atoms with Gasteiger partial charge in [-0.1, -0.05) is 17.7 Å². The number of rotatable bonds is 5. The van der Waals surface area contributed by atoms with Crippen molar-refractivity contribution in [1.29, 1.82) is 0 Å². The summed E-state index contributed by atoms with van der Waals surface area (Å²) in [5.41, 5.74) is 0.650. The number of nitrogens with zero attached hydrogens (tertiary/aromatic N) is 1. The van der Waals surface area contributed by atoms with E-state index in [2.05, 4.69) is 15.6 Å². The van der Waals surface area contributed by atoms with Gasteiger partial charge < -0.3 is 10.6 Å². The fourth-order valence-corrected chi connectivity index (χ4v) is 1.92. The van der Waals surface area contributed by atoms with Crippen LogP contribution in [0.2, 0.25) is 5.02 Å². The zero-order valence-corrected chi connectivity index (χ0v) is 11.9. The standard InChI is InChI=1S/C14H13ClF3N3/c1-2-19-13-11(17)6-12(18)14(21-13)20-7-8-3-4-10(16)9(15)5-8/h3-6H,2,7H2,1H3,(H2,19,20,21). The molecule has 1 heterocycles. The summed E-state index contributed by atoms with van der Waals surface area (Å²) in [5, 5.41) is 5.40. The molecular formula is C14H13ClF3N3. The molecule has 1 aromatic carbocycles. The van der Waals surface area contributed by atoms with Crippen LogP contribution in [0.5, 0.6) is 0 Å². The van der Waals surface area contributed by atoms with Gasteiger partial charge in [0, 0.05) is 19.2 Å². The Balaban J connectivity index is 2.15. The third-order valence-electron chi connectivity index (χ3n) is 2.72. The van der Waals surface area contributed by atoms with Crippen molar-refractivity contribution >= 4 is 23.2 Å². The molecule has 0 atom stereocenters. The van der Waals surface area contributed by atoms with Crippen molar-refractivity contribution in [2.45, 2.75) is 13.5 Å². The van der Waals surface area contributed by atoms with Gasteiger partial charge >= 0.3 is 0 Å². The third-order valence-corrected chi connectivity index (χ3v) is 3.01. The Bertz CT molecular complexity index is 650. The lowest BCUT2D eigenvalue weighted by Crippen LogP contribution is -2.09. The third kappa shape index (κ3) is 3.78. The molecule has 0 radical (unpaired) electrons. The summed E-state index contributed by atoms with van der Waals surface area (Å²) in [6.45, 7) is 2.42. The summed E-state index contributed by atoms with van der Waals surface area (Å²) in [5.74, 6) is -2.21. The lowest BCUT2D eigenvalue weighted by Gasteiger charge is -2.10. The Labute approximate surface area is 125 Å².